The number of hydrogen-bond acceptors (Lipinski definition) is 0. The summed E-state index contributed by atoms with van der Waals surface area (Å²) in [7, 11) is 0. The van der Waals surface area contributed by atoms with Crippen LogP contribution in [0.4, 0.5) is 0 Å². The third kappa shape index (κ3) is 4.56. The van der Waals surface area contributed by atoms with Crippen LogP contribution in [0.2, 0.25) is 0 Å². The van der Waals surface area contributed by atoms with Gasteiger partial charge in [-0.05, 0) is 140 Å². The highest BCUT2D eigenvalue weighted by Gasteiger charge is 2.34. The molecule has 0 heteroatoms. The molecule has 2 aliphatic rings. The van der Waals surface area contributed by atoms with Crippen LogP contribution in [0.25, 0.3) is 110 Å². The molecule has 0 aromatic heterocycles. The second-order valence-electron chi connectivity index (χ2n) is 16.0. The van der Waals surface area contributed by atoms with Crippen molar-refractivity contribution < 1.29 is 6.85 Å². The molecule has 0 heterocycles. The van der Waals surface area contributed by atoms with Gasteiger partial charge in [-0.2, -0.15) is 0 Å². The van der Waals surface area contributed by atoms with E-state index in [1.165, 1.54) is 55.1 Å². The fourth-order valence-corrected chi connectivity index (χ4v) is 10.2. The zero-order chi connectivity index (χ0) is 42.2. The molecule has 0 saturated heterocycles. The van der Waals surface area contributed by atoms with Crippen LogP contribution < -0.4 is 0 Å². The van der Waals surface area contributed by atoms with E-state index in [9.17, 15) is 2.74 Å². The van der Waals surface area contributed by atoms with E-state index in [0.717, 1.165) is 55.1 Å². The van der Waals surface area contributed by atoms with Gasteiger partial charge >= 0.3 is 0 Å². The largest absolute Gasteiger partial charge is 0.0629 e. The van der Waals surface area contributed by atoms with E-state index in [4.69, 9.17) is 4.11 Å². The molecule has 10 aromatic carbocycles. The average molecular weight is 728 g/mol. The predicted molar refractivity (Wildman–Crippen MR) is 243 cm³/mol. The molecule has 0 fully saturated rings. The summed E-state index contributed by atoms with van der Waals surface area (Å²) in [5, 5.41) is 6.91. The first-order valence-electron chi connectivity index (χ1n) is 22.2. The number of rotatable bonds is 4. The van der Waals surface area contributed by atoms with Gasteiger partial charge in [0.2, 0.25) is 0 Å². The molecule has 0 saturated carbocycles. The maximum atomic E-state index is 9.22. The van der Waals surface area contributed by atoms with Gasteiger partial charge in [0.25, 0.3) is 0 Å². The quantitative estimate of drug-likeness (QED) is 0.169. The van der Waals surface area contributed by atoms with Crippen molar-refractivity contribution in [3.05, 3.63) is 205 Å². The molecule has 0 bridgehead atoms. The lowest BCUT2D eigenvalue weighted by Gasteiger charge is -2.35. The van der Waals surface area contributed by atoms with Gasteiger partial charge in [0.05, 0.1) is 6.85 Å². The third-order valence-electron chi connectivity index (χ3n) is 12.6. The third-order valence-corrected chi connectivity index (χ3v) is 12.6. The van der Waals surface area contributed by atoms with Crippen LogP contribution in [0.15, 0.2) is 194 Å². The topological polar surface area (TPSA) is 0 Å². The molecule has 0 aliphatic heterocycles. The lowest BCUT2D eigenvalue weighted by atomic mass is 9.68. The first kappa shape index (κ1) is 27.5. The Morgan fingerprint density at radius 3 is 1.68 bits per heavy atom. The summed E-state index contributed by atoms with van der Waals surface area (Å²) in [6.07, 6.45) is 0. The molecular formula is C57H38. The Hall–Kier alpha value is -7.02. The fraction of sp³-hybridized carbons (Fsp3) is 0.0526. The summed E-state index contributed by atoms with van der Waals surface area (Å²) in [5.41, 5.74) is 16.4. The monoisotopic (exact) mass is 727 g/mol. The van der Waals surface area contributed by atoms with Gasteiger partial charge in [-0.25, -0.2) is 0 Å². The molecule has 0 unspecified atom stereocenters. The molecule has 57 heavy (non-hydrogen) atoms. The van der Waals surface area contributed by atoms with Gasteiger partial charge in [0.15, 0.2) is 0 Å². The smallest absolute Gasteiger partial charge is 0.0622 e. The van der Waals surface area contributed by atoms with E-state index in [2.05, 4.69) is 172 Å². The number of fused-ring (bicyclic) bond motifs is 6. The predicted octanol–water partition coefficient (Wildman–Crippen LogP) is 15.8. The van der Waals surface area contributed by atoms with E-state index >= 15 is 0 Å². The lowest BCUT2D eigenvalue weighted by molar-refractivity contribution is 0.645. The molecule has 10 aromatic rings. The Kier molecular flexibility index (Phi) is 5.79. The zero-order valence-corrected chi connectivity index (χ0v) is 31.6. The van der Waals surface area contributed by atoms with Crippen LogP contribution in [-0.2, 0) is 5.41 Å². The molecule has 0 N–H and O–H groups in total. The Bertz CT molecular complexity index is 3570. The van der Waals surface area contributed by atoms with Gasteiger partial charge < -0.3 is 0 Å². The molecule has 12 rings (SSSR count). The first-order chi connectivity index (χ1) is 30.1. The van der Waals surface area contributed by atoms with Crippen molar-refractivity contribution in [1.29, 1.82) is 0 Å². The molecule has 0 nitrogen and oxygen atoms in total. The van der Waals surface area contributed by atoms with E-state index < -0.39 is 6.04 Å². The Balaban J connectivity index is 1.24. The summed E-state index contributed by atoms with van der Waals surface area (Å²) in [4.78, 5) is 0. The van der Waals surface area contributed by atoms with Crippen molar-refractivity contribution in [2.24, 2.45) is 0 Å². The zero-order valence-electron chi connectivity index (χ0n) is 36.6. The van der Waals surface area contributed by atoms with Gasteiger partial charge in [0.1, 0.15) is 0 Å². The van der Waals surface area contributed by atoms with Crippen LogP contribution in [0.1, 0.15) is 31.8 Å². The Morgan fingerprint density at radius 2 is 0.930 bits per heavy atom. The van der Waals surface area contributed by atoms with Crippen LogP contribution >= 0.6 is 0 Å². The average Bonchev–Trinajstić information content (AvgIpc) is 3.63. The summed E-state index contributed by atoms with van der Waals surface area (Å²) < 4.78 is 44.4. The molecule has 0 spiro atoms. The van der Waals surface area contributed by atoms with Gasteiger partial charge in [-0.1, -0.05) is 190 Å². The summed E-state index contributed by atoms with van der Waals surface area (Å²) >= 11 is 0. The van der Waals surface area contributed by atoms with Crippen molar-refractivity contribution in [1.82, 2.24) is 0 Å². The first-order valence-corrected chi connectivity index (χ1v) is 19.7. The molecule has 2 aliphatic carbocycles. The van der Waals surface area contributed by atoms with Crippen molar-refractivity contribution in [2.75, 3.05) is 0 Å². The van der Waals surface area contributed by atoms with Crippen molar-refractivity contribution in [2.45, 2.75) is 19.3 Å². The Labute approximate surface area is 340 Å². The fourth-order valence-electron chi connectivity index (χ4n) is 10.2. The van der Waals surface area contributed by atoms with Gasteiger partial charge in [-0.3, -0.25) is 0 Å². The van der Waals surface area contributed by atoms with Crippen LogP contribution in [-0.4, -0.2) is 0 Å². The summed E-state index contributed by atoms with van der Waals surface area (Å²) in [6.45, 7) is 4.60. The van der Waals surface area contributed by atoms with E-state index in [-0.39, 0.29) is 35.1 Å². The van der Waals surface area contributed by atoms with Crippen molar-refractivity contribution in [3.8, 4) is 77.9 Å². The highest BCUT2D eigenvalue weighted by atomic mass is 14.4. The Morgan fingerprint density at radius 1 is 0.351 bits per heavy atom. The maximum absolute atomic E-state index is 9.22. The normalized spacial score (nSPS) is 14.5. The minimum Gasteiger partial charge on any atom is -0.0622 e. The molecule has 0 radical (unpaired) electrons. The van der Waals surface area contributed by atoms with Crippen molar-refractivity contribution >= 4 is 32.3 Å². The van der Waals surface area contributed by atoms with Gasteiger partial charge in [-0.15, -0.1) is 0 Å². The second-order valence-corrected chi connectivity index (χ2v) is 16.0. The minimum atomic E-state index is -0.405. The minimum absolute atomic E-state index is 0.184. The van der Waals surface area contributed by atoms with Crippen LogP contribution in [0.3, 0.4) is 0 Å². The van der Waals surface area contributed by atoms with E-state index in [1.807, 2.05) is 6.07 Å². The van der Waals surface area contributed by atoms with E-state index in [0.29, 0.717) is 5.56 Å². The molecule has 266 valence electrons. The molecule has 0 atom stereocenters. The SMILES string of the molecule is [2H]c1c([2H])c([2H])c(-c2cc(-c3c4c(c(-c5ccccc5)c5ccccc35)-c3cccc5cccc-4c35)cc(-c3ccc4c5c(cccc35)-c3ccccc3C4(C)C)c2)c([2H])c1[2H]. The number of benzene rings is 10. The highest BCUT2D eigenvalue weighted by molar-refractivity contribution is 6.27. The molecule has 0 amide bonds. The van der Waals surface area contributed by atoms with E-state index in [1.54, 1.807) is 0 Å². The van der Waals surface area contributed by atoms with Gasteiger partial charge in [0, 0.05) is 5.41 Å². The maximum Gasteiger partial charge on any atom is 0.0629 e. The standard InChI is InChI=1S/C57H38/c1-57(2)49-29-12-11-22-42(49)44-26-15-25-43-41(30-31-50(57)54(43)44)39-32-38(35-16-5-3-6-17-35)33-40(34-39)53-46-24-10-9-23-45(46)52(37-18-7-4-8-19-37)55-47-27-13-20-36-21-14-28-48(51(36)47)56(53)55/h3-34H,1-2H3/i3D,5D,6D,16D,17D. The highest BCUT2D eigenvalue weighted by Crippen LogP contribution is 2.58. The summed E-state index contributed by atoms with van der Waals surface area (Å²) in [6, 6.07) is 57.0. The lowest BCUT2D eigenvalue weighted by Crippen LogP contribution is -2.23. The summed E-state index contributed by atoms with van der Waals surface area (Å²) in [5.74, 6) is 0. The number of hydrogen-bond donors (Lipinski definition) is 0. The van der Waals surface area contributed by atoms with Crippen LogP contribution in [0.5, 0.6) is 0 Å². The molecular weight excluding hydrogens is 685 g/mol. The second kappa shape index (κ2) is 12.0. The van der Waals surface area contributed by atoms with Crippen molar-refractivity contribution in [3.63, 3.8) is 0 Å². The van der Waals surface area contributed by atoms with Crippen LogP contribution in [0, 0.1) is 0 Å².